The molecule has 2 aromatic rings. The van der Waals surface area contributed by atoms with Crippen LogP contribution in [0.5, 0.6) is 0 Å². The first-order valence-electron chi connectivity index (χ1n) is 9.83. The molecule has 2 unspecified atom stereocenters. The number of hydrogen-bond acceptors (Lipinski definition) is 3. The Bertz CT molecular complexity index is 1060. The summed E-state index contributed by atoms with van der Waals surface area (Å²) in [7, 11) is 0. The lowest BCUT2D eigenvalue weighted by atomic mass is 9.79. The number of carboxylic acids is 1. The highest BCUT2D eigenvalue weighted by Gasteiger charge is 2.35. The van der Waals surface area contributed by atoms with Crippen molar-refractivity contribution >= 4 is 29.2 Å². The van der Waals surface area contributed by atoms with E-state index in [9.17, 15) is 32.7 Å². The van der Waals surface area contributed by atoms with Gasteiger partial charge < -0.3 is 15.7 Å². The Morgan fingerprint density at radius 3 is 2.09 bits per heavy atom. The number of anilines is 2. The third kappa shape index (κ3) is 5.35. The van der Waals surface area contributed by atoms with E-state index in [1.165, 1.54) is 6.07 Å². The SMILES string of the molecule is CC1=CCC(C(=O)O)C(C(=O)Nc2ccccc2NC(=O)c2ccc(C(F)(F)F)cc2)C1. The molecule has 6 nitrogen and oxygen atoms in total. The number of hydrogen-bond donors (Lipinski definition) is 3. The second-order valence-electron chi connectivity index (χ2n) is 7.61. The number of carbonyl (C=O) groups excluding carboxylic acids is 2. The van der Waals surface area contributed by atoms with Crippen LogP contribution in [0.2, 0.25) is 0 Å². The van der Waals surface area contributed by atoms with Gasteiger partial charge in [0.05, 0.1) is 28.8 Å². The summed E-state index contributed by atoms with van der Waals surface area (Å²) in [5.74, 6) is -3.82. The Balaban J connectivity index is 1.76. The van der Waals surface area contributed by atoms with Crippen LogP contribution in [0.25, 0.3) is 0 Å². The molecule has 0 fully saturated rings. The van der Waals surface area contributed by atoms with E-state index in [1.54, 1.807) is 24.3 Å². The standard InChI is InChI=1S/C23H21F3N2O4/c1-13-6-11-16(22(31)32)17(12-13)21(30)28-19-5-3-2-4-18(19)27-20(29)14-7-9-15(10-8-14)23(24,25)26/h2-10,16-17H,11-12H2,1H3,(H,27,29)(H,28,30)(H,31,32). The van der Waals surface area contributed by atoms with Gasteiger partial charge in [-0.25, -0.2) is 0 Å². The molecule has 32 heavy (non-hydrogen) atoms. The highest BCUT2D eigenvalue weighted by atomic mass is 19.4. The Morgan fingerprint density at radius 2 is 1.53 bits per heavy atom. The Morgan fingerprint density at radius 1 is 0.938 bits per heavy atom. The van der Waals surface area contributed by atoms with E-state index in [4.69, 9.17) is 0 Å². The first-order chi connectivity index (χ1) is 15.1. The van der Waals surface area contributed by atoms with E-state index in [-0.39, 0.29) is 23.4 Å². The van der Waals surface area contributed by atoms with Gasteiger partial charge in [-0.1, -0.05) is 23.8 Å². The number of rotatable bonds is 5. The third-order valence-corrected chi connectivity index (χ3v) is 5.31. The Hall–Kier alpha value is -3.62. The maximum absolute atomic E-state index is 12.8. The van der Waals surface area contributed by atoms with Gasteiger partial charge in [-0.05, 0) is 56.2 Å². The number of carboxylic acid groups (broad SMARTS) is 1. The lowest BCUT2D eigenvalue weighted by Crippen LogP contribution is -2.35. The normalized spacial score (nSPS) is 18.4. The van der Waals surface area contributed by atoms with Gasteiger partial charge >= 0.3 is 12.1 Å². The minimum atomic E-state index is -4.51. The molecule has 1 aliphatic carbocycles. The smallest absolute Gasteiger partial charge is 0.416 e. The van der Waals surface area contributed by atoms with Crippen molar-refractivity contribution in [1.29, 1.82) is 0 Å². The van der Waals surface area contributed by atoms with E-state index in [1.807, 2.05) is 6.92 Å². The third-order valence-electron chi connectivity index (χ3n) is 5.31. The molecule has 3 N–H and O–H groups in total. The fraction of sp³-hybridized carbons (Fsp3) is 0.261. The topological polar surface area (TPSA) is 95.5 Å². The number of amides is 2. The van der Waals surface area contributed by atoms with Gasteiger partial charge in [0.1, 0.15) is 0 Å². The maximum Gasteiger partial charge on any atom is 0.416 e. The summed E-state index contributed by atoms with van der Waals surface area (Å²) in [6.07, 6.45) is -2.14. The van der Waals surface area contributed by atoms with E-state index >= 15 is 0 Å². The lowest BCUT2D eigenvalue weighted by Gasteiger charge is -2.27. The Kier molecular flexibility index (Phi) is 6.67. The van der Waals surface area contributed by atoms with Crippen molar-refractivity contribution in [1.82, 2.24) is 0 Å². The second kappa shape index (κ2) is 9.25. The van der Waals surface area contributed by atoms with Crippen molar-refractivity contribution in [2.24, 2.45) is 11.8 Å². The van der Waals surface area contributed by atoms with E-state index in [0.717, 1.165) is 29.8 Å². The van der Waals surface area contributed by atoms with Crippen molar-refractivity contribution in [3.8, 4) is 0 Å². The Labute approximate surface area is 182 Å². The molecular formula is C23H21F3N2O4. The predicted octanol–water partition coefficient (Wildman–Crippen LogP) is 4.95. The average molecular weight is 446 g/mol. The highest BCUT2D eigenvalue weighted by Crippen LogP contribution is 2.32. The monoisotopic (exact) mass is 446 g/mol. The molecule has 0 aliphatic heterocycles. The highest BCUT2D eigenvalue weighted by molar-refractivity contribution is 6.07. The summed E-state index contributed by atoms with van der Waals surface area (Å²) >= 11 is 0. The molecule has 2 atom stereocenters. The van der Waals surface area contributed by atoms with Crippen LogP contribution in [0.1, 0.15) is 35.7 Å². The van der Waals surface area contributed by atoms with Gasteiger partial charge in [0.15, 0.2) is 0 Å². The first-order valence-corrected chi connectivity index (χ1v) is 9.83. The lowest BCUT2D eigenvalue weighted by molar-refractivity contribution is -0.146. The number of halogens is 3. The first kappa shape index (κ1) is 23.1. The molecule has 9 heteroatoms. The van der Waals surface area contributed by atoms with Gasteiger partial charge in [0.25, 0.3) is 5.91 Å². The molecule has 3 rings (SSSR count). The molecule has 2 amide bonds. The molecule has 168 valence electrons. The van der Waals surface area contributed by atoms with Gasteiger partial charge in [0, 0.05) is 5.56 Å². The van der Waals surface area contributed by atoms with Crippen molar-refractivity contribution in [2.45, 2.75) is 25.9 Å². The van der Waals surface area contributed by atoms with Crippen molar-refractivity contribution < 1.29 is 32.7 Å². The molecule has 0 aromatic heterocycles. The number of carbonyl (C=O) groups is 3. The molecule has 0 radical (unpaired) electrons. The zero-order valence-electron chi connectivity index (χ0n) is 17.1. The molecule has 0 heterocycles. The molecule has 0 saturated carbocycles. The van der Waals surface area contributed by atoms with E-state index in [2.05, 4.69) is 10.6 Å². The molecule has 2 aromatic carbocycles. The minimum Gasteiger partial charge on any atom is -0.481 e. The quantitative estimate of drug-likeness (QED) is 0.566. The van der Waals surface area contributed by atoms with Crippen LogP contribution >= 0.6 is 0 Å². The van der Waals surface area contributed by atoms with Crippen LogP contribution in [0, 0.1) is 11.8 Å². The molecular weight excluding hydrogens is 425 g/mol. The number of aliphatic carboxylic acids is 1. The molecule has 1 aliphatic rings. The van der Waals surface area contributed by atoms with Crippen LogP contribution in [-0.4, -0.2) is 22.9 Å². The maximum atomic E-state index is 12.8. The van der Waals surface area contributed by atoms with E-state index < -0.39 is 41.4 Å². The summed E-state index contributed by atoms with van der Waals surface area (Å²) < 4.78 is 38.1. The van der Waals surface area contributed by atoms with Crippen LogP contribution in [0.4, 0.5) is 24.5 Å². The van der Waals surface area contributed by atoms with Crippen LogP contribution in [0.3, 0.4) is 0 Å². The number of para-hydroxylation sites is 2. The number of allylic oxidation sites excluding steroid dienone is 2. The predicted molar refractivity (Wildman–Crippen MR) is 112 cm³/mol. The van der Waals surface area contributed by atoms with Gasteiger partial charge in [-0.3, -0.25) is 14.4 Å². The van der Waals surface area contributed by atoms with Crippen LogP contribution in [0.15, 0.2) is 60.2 Å². The summed E-state index contributed by atoms with van der Waals surface area (Å²) in [5.41, 5.74) is 0.561. The van der Waals surface area contributed by atoms with Crippen LogP contribution in [-0.2, 0) is 15.8 Å². The largest absolute Gasteiger partial charge is 0.481 e. The summed E-state index contributed by atoms with van der Waals surface area (Å²) in [5, 5.41) is 14.7. The van der Waals surface area contributed by atoms with Gasteiger partial charge in [-0.2, -0.15) is 13.2 Å². The fourth-order valence-electron chi connectivity index (χ4n) is 3.54. The molecule has 0 bridgehead atoms. The summed E-state index contributed by atoms with van der Waals surface area (Å²) in [6, 6.07) is 10.1. The number of benzene rings is 2. The minimum absolute atomic E-state index is 0.0121. The fourth-order valence-corrected chi connectivity index (χ4v) is 3.54. The molecule has 0 saturated heterocycles. The second-order valence-corrected chi connectivity index (χ2v) is 7.61. The van der Waals surface area contributed by atoms with Crippen LogP contribution < -0.4 is 10.6 Å². The van der Waals surface area contributed by atoms with Crippen molar-refractivity contribution in [2.75, 3.05) is 10.6 Å². The summed E-state index contributed by atoms with van der Waals surface area (Å²) in [6.45, 7) is 1.83. The zero-order valence-corrected chi connectivity index (χ0v) is 17.1. The van der Waals surface area contributed by atoms with Gasteiger partial charge in [-0.15, -0.1) is 0 Å². The average Bonchev–Trinajstić information content (AvgIpc) is 2.74. The van der Waals surface area contributed by atoms with Crippen molar-refractivity contribution in [3.63, 3.8) is 0 Å². The van der Waals surface area contributed by atoms with Crippen molar-refractivity contribution in [3.05, 3.63) is 71.3 Å². The molecule has 0 spiro atoms. The summed E-state index contributed by atoms with van der Waals surface area (Å²) in [4.78, 5) is 36.9. The van der Waals surface area contributed by atoms with Gasteiger partial charge in [0.2, 0.25) is 5.91 Å². The van der Waals surface area contributed by atoms with E-state index in [0.29, 0.717) is 6.42 Å². The number of alkyl halides is 3. The number of nitrogens with one attached hydrogen (secondary N) is 2. The zero-order chi connectivity index (χ0) is 23.5.